The van der Waals surface area contributed by atoms with E-state index in [1.807, 2.05) is 30.3 Å². The molecule has 2 aliphatic carbocycles. The topological polar surface area (TPSA) is 55.4 Å². The predicted octanol–water partition coefficient (Wildman–Crippen LogP) is 3.10. The number of hydrogen-bond donors (Lipinski definition) is 1. The molecule has 4 nitrogen and oxygen atoms in total. The van der Waals surface area contributed by atoms with Gasteiger partial charge in [0.25, 0.3) is 0 Å². The molecular formula is C20H27NO3. The minimum absolute atomic E-state index is 0.0308. The fourth-order valence-corrected chi connectivity index (χ4v) is 3.99. The van der Waals surface area contributed by atoms with Crippen LogP contribution in [0, 0.1) is 17.8 Å². The number of carbonyl (C=O) groups excluding carboxylic acids is 2. The van der Waals surface area contributed by atoms with Gasteiger partial charge in [-0.1, -0.05) is 36.8 Å². The second kappa shape index (κ2) is 8.43. The third-order valence-corrected chi connectivity index (χ3v) is 5.30. The SMILES string of the molecule is O=C(NCCCOCc1ccccc1)C1CC2CCCC(C1)C2=O. The van der Waals surface area contributed by atoms with E-state index in [9.17, 15) is 9.59 Å². The Kier molecular flexibility index (Phi) is 6.02. The van der Waals surface area contributed by atoms with Crippen LogP contribution in [-0.4, -0.2) is 24.8 Å². The summed E-state index contributed by atoms with van der Waals surface area (Å²) in [5.74, 6) is 0.857. The van der Waals surface area contributed by atoms with Gasteiger partial charge in [-0.15, -0.1) is 0 Å². The third-order valence-electron chi connectivity index (χ3n) is 5.30. The number of carbonyl (C=O) groups is 2. The van der Waals surface area contributed by atoms with Crippen LogP contribution < -0.4 is 5.32 Å². The summed E-state index contributed by atoms with van der Waals surface area (Å²) in [6.45, 7) is 1.90. The molecule has 2 fully saturated rings. The van der Waals surface area contributed by atoms with Crippen LogP contribution in [-0.2, 0) is 20.9 Å². The van der Waals surface area contributed by atoms with Crippen molar-refractivity contribution >= 4 is 11.7 Å². The Bertz CT molecular complexity index is 541. The fraction of sp³-hybridized carbons (Fsp3) is 0.600. The average Bonchev–Trinajstić information content (AvgIpc) is 2.58. The van der Waals surface area contributed by atoms with E-state index in [1.165, 1.54) is 5.56 Å². The molecule has 0 radical (unpaired) electrons. The molecule has 0 spiro atoms. The number of ketones is 1. The Hall–Kier alpha value is -1.68. The van der Waals surface area contributed by atoms with Gasteiger partial charge >= 0.3 is 0 Å². The highest BCUT2D eigenvalue weighted by Gasteiger charge is 2.41. The molecule has 2 unspecified atom stereocenters. The van der Waals surface area contributed by atoms with Gasteiger partial charge in [-0.2, -0.15) is 0 Å². The lowest BCUT2D eigenvalue weighted by molar-refractivity contribution is -0.137. The molecule has 1 N–H and O–H groups in total. The Morgan fingerprint density at radius 1 is 1.12 bits per heavy atom. The molecule has 0 aromatic heterocycles. The molecule has 1 aromatic carbocycles. The summed E-state index contributed by atoms with van der Waals surface area (Å²) in [4.78, 5) is 24.4. The van der Waals surface area contributed by atoms with Crippen molar-refractivity contribution in [2.45, 2.75) is 45.1 Å². The van der Waals surface area contributed by atoms with Crippen LogP contribution in [0.3, 0.4) is 0 Å². The normalized spacial score (nSPS) is 26.2. The molecule has 0 saturated heterocycles. The molecule has 1 aromatic rings. The van der Waals surface area contributed by atoms with Crippen molar-refractivity contribution in [2.24, 2.45) is 17.8 Å². The van der Waals surface area contributed by atoms with Crippen LogP contribution in [0.15, 0.2) is 30.3 Å². The maximum atomic E-state index is 12.3. The molecular weight excluding hydrogens is 302 g/mol. The van der Waals surface area contributed by atoms with E-state index in [1.54, 1.807) is 0 Å². The number of benzene rings is 1. The van der Waals surface area contributed by atoms with Crippen LogP contribution in [0.4, 0.5) is 0 Å². The molecule has 2 atom stereocenters. The van der Waals surface area contributed by atoms with Gasteiger partial charge in [0.1, 0.15) is 5.78 Å². The number of nitrogens with one attached hydrogen (secondary N) is 1. The van der Waals surface area contributed by atoms with Crippen LogP contribution in [0.25, 0.3) is 0 Å². The van der Waals surface area contributed by atoms with Crippen LogP contribution in [0.1, 0.15) is 44.1 Å². The van der Waals surface area contributed by atoms with Crippen molar-refractivity contribution in [3.8, 4) is 0 Å². The molecule has 0 aliphatic heterocycles. The highest BCUT2D eigenvalue weighted by atomic mass is 16.5. The minimum Gasteiger partial charge on any atom is -0.377 e. The average molecular weight is 329 g/mol. The predicted molar refractivity (Wildman–Crippen MR) is 92.3 cm³/mol. The lowest BCUT2D eigenvalue weighted by Crippen LogP contribution is -2.42. The molecule has 3 rings (SSSR count). The van der Waals surface area contributed by atoms with Crippen LogP contribution in [0.2, 0.25) is 0 Å². The number of rotatable bonds is 7. The van der Waals surface area contributed by atoms with E-state index < -0.39 is 0 Å². The summed E-state index contributed by atoms with van der Waals surface area (Å²) in [5, 5.41) is 3.02. The Balaban J connectivity index is 1.31. The largest absolute Gasteiger partial charge is 0.377 e. The highest BCUT2D eigenvalue weighted by molar-refractivity contribution is 5.88. The van der Waals surface area contributed by atoms with E-state index in [0.717, 1.165) is 38.5 Å². The smallest absolute Gasteiger partial charge is 0.223 e. The first kappa shape index (κ1) is 17.2. The summed E-state index contributed by atoms with van der Waals surface area (Å²) in [5.41, 5.74) is 1.17. The van der Waals surface area contributed by atoms with Crippen LogP contribution >= 0.6 is 0 Å². The summed E-state index contributed by atoms with van der Waals surface area (Å²) < 4.78 is 5.63. The second-order valence-electron chi connectivity index (χ2n) is 7.08. The maximum Gasteiger partial charge on any atom is 0.223 e. The Morgan fingerprint density at radius 3 is 2.54 bits per heavy atom. The zero-order valence-electron chi connectivity index (χ0n) is 14.2. The molecule has 130 valence electrons. The Labute approximate surface area is 144 Å². The molecule has 24 heavy (non-hydrogen) atoms. The molecule has 2 aliphatic rings. The van der Waals surface area contributed by atoms with Gasteiger partial charge in [0.2, 0.25) is 5.91 Å². The lowest BCUT2D eigenvalue weighted by atomic mass is 9.67. The minimum atomic E-state index is 0.0308. The third kappa shape index (κ3) is 4.44. The van der Waals surface area contributed by atoms with Gasteiger partial charge in [0, 0.05) is 30.9 Å². The first-order valence-electron chi connectivity index (χ1n) is 9.17. The Morgan fingerprint density at radius 2 is 1.83 bits per heavy atom. The van der Waals surface area contributed by atoms with Crippen molar-refractivity contribution in [2.75, 3.05) is 13.2 Å². The van der Waals surface area contributed by atoms with Crippen molar-refractivity contribution in [3.05, 3.63) is 35.9 Å². The van der Waals surface area contributed by atoms with Gasteiger partial charge < -0.3 is 10.1 Å². The quantitative estimate of drug-likeness (QED) is 0.782. The summed E-state index contributed by atoms with van der Waals surface area (Å²) in [6, 6.07) is 10.1. The van der Waals surface area contributed by atoms with E-state index in [-0.39, 0.29) is 23.7 Å². The zero-order chi connectivity index (χ0) is 16.8. The highest BCUT2D eigenvalue weighted by Crippen LogP contribution is 2.40. The zero-order valence-corrected chi connectivity index (χ0v) is 14.2. The van der Waals surface area contributed by atoms with E-state index in [2.05, 4.69) is 5.32 Å². The van der Waals surface area contributed by atoms with Crippen molar-refractivity contribution in [1.82, 2.24) is 5.32 Å². The summed E-state index contributed by atoms with van der Waals surface area (Å²) in [7, 11) is 0. The summed E-state index contributed by atoms with van der Waals surface area (Å²) >= 11 is 0. The first-order valence-corrected chi connectivity index (χ1v) is 9.17. The van der Waals surface area contributed by atoms with Gasteiger partial charge in [0.05, 0.1) is 6.61 Å². The van der Waals surface area contributed by atoms with Crippen molar-refractivity contribution < 1.29 is 14.3 Å². The van der Waals surface area contributed by atoms with E-state index in [4.69, 9.17) is 4.74 Å². The lowest BCUT2D eigenvalue weighted by Gasteiger charge is -2.36. The molecule has 2 saturated carbocycles. The monoisotopic (exact) mass is 329 g/mol. The number of fused-ring (bicyclic) bond motifs is 2. The fourth-order valence-electron chi connectivity index (χ4n) is 3.99. The second-order valence-corrected chi connectivity index (χ2v) is 7.08. The molecule has 1 amide bonds. The van der Waals surface area contributed by atoms with Gasteiger partial charge in [-0.25, -0.2) is 0 Å². The van der Waals surface area contributed by atoms with E-state index in [0.29, 0.717) is 25.5 Å². The van der Waals surface area contributed by atoms with Crippen LogP contribution in [0.5, 0.6) is 0 Å². The molecule has 0 heterocycles. The molecule has 2 bridgehead atoms. The van der Waals surface area contributed by atoms with E-state index >= 15 is 0 Å². The maximum absolute atomic E-state index is 12.3. The van der Waals surface area contributed by atoms with Crippen molar-refractivity contribution in [1.29, 1.82) is 0 Å². The number of amides is 1. The molecule has 4 heteroatoms. The van der Waals surface area contributed by atoms with Gasteiger partial charge in [-0.05, 0) is 37.7 Å². The standard InChI is InChI=1S/C20H27NO3/c22-19-16-8-4-9-17(19)13-18(12-16)20(23)21-10-5-11-24-14-15-6-2-1-3-7-15/h1-3,6-7,16-18H,4-5,8-14H2,(H,21,23). The van der Waals surface area contributed by atoms with Gasteiger partial charge in [-0.3, -0.25) is 9.59 Å². The number of hydrogen-bond acceptors (Lipinski definition) is 3. The first-order chi connectivity index (χ1) is 11.7. The number of ether oxygens (including phenoxy) is 1. The van der Waals surface area contributed by atoms with Crippen molar-refractivity contribution in [3.63, 3.8) is 0 Å². The summed E-state index contributed by atoms with van der Waals surface area (Å²) in [6.07, 6.45) is 5.43. The number of Topliss-reactive ketones (excluding diaryl/α,β-unsaturated/α-hetero) is 1. The van der Waals surface area contributed by atoms with Gasteiger partial charge in [0.15, 0.2) is 0 Å².